The number of amides is 3. The van der Waals surface area contributed by atoms with Crippen LogP contribution in [0.4, 0.5) is 13.2 Å². The minimum absolute atomic E-state index is 0.144. The van der Waals surface area contributed by atoms with Crippen LogP contribution in [-0.2, 0) is 34.5 Å². The fourth-order valence-corrected chi connectivity index (χ4v) is 5.41. The molecular weight excluding hydrogens is 475 g/mol. The van der Waals surface area contributed by atoms with Crippen LogP contribution in [-0.4, -0.2) is 51.8 Å². The van der Waals surface area contributed by atoms with Gasteiger partial charge in [-0.2, -0.15) is 13.2 Å². The number of alkyl halides is 3. The molecule has 3 amide bonds. The van der Waals surface area contributed by atoms with E-state index in [4.69, 9.17) is 0 Å². The van der Waals surface area contributed by atoms with Gasteiger partial charge >= 0.3 is 6.18 Å². The molecule has 0 aromatic heterocycles. The molecule has 1 atom stereocenters. The maximum atomic E-state index is 13.3. The van der Waals surface area contributed by atoms with Gasteiger partial charge in [-0.25, -0.2) is 0 Å². The molecule has 0 aliphatic carbocycles. The lowest BCUT2D eigenvalue weighted by Crippen LogP contribution is -2.52. The number of benzene rings is 2. The van der Waals surface area contributed by atoms with Gasteiger partial charge in [0, 0.05) is 38.2 Å². The van der Waals surface area contributed by atoms with Crippen molar-refractivity contribution in [2.24, 2.45) is 0 Å². The molecule has 0 saturated carbocycles. The first-order valence-corrected chi connectivity index (χ1v) is 11.9. The van der Waals surface area contributed by atoms with Crippen molar-refractivity contribution in [2.75, 3.05) is 13.1 Å². The number of halogens is 3. The lowest BCUT2D eigenvalue weighted by molar-refractivity contribution is -0.139. The van der Waals surface area contributed by atoms with Crippen molar-refractivity contribution in [1.82, 2.24) is 15.1 Å². The van der Waals surface area contributed by atoms with Crippen LogP contribution in [0.5, 0.6) is 0 Å². The highest BCUT2D eigenvalue weighted by atomic mass is 19.4. The maximum Gasteiger partial charge on any atom is 0.416 e. The first-order chi connectivity index (χ1) is 17.0. The average molecular weight is 502 g/mol. The van der Waals surface area contributed by atoms with E-state index in [9.17, 15) is 32.7 Å². The van der Waals surface area contributed by atoms with Crippen molar-refractivity contribution in [3.8, 4) is 0 Å². The predicted molar refractivity (Wildman–Crippen MR) is 122 cm³/mol. The minimum atomic E-state index is -4.42. The molecule has 2 aromatic rings. The Morgan fingerprint density at radius 3 is 2.47 bits per heavy atom. The van der Waals surface area contributed by atoms with E-state index in [-0.39, 0.29) is 43.3 Å². The van der Waals surface area contributed by atoms with Gasteiger partial charge in [0.25, 0.3) is 5.91 Å². The molecule has 0 spiro atoms. The Kier molecular flexibility index (Phi) is 6.12. The fourth-order valence-electron chi connectivity index (χ4n) is 5.41. The van der Waals surface area contributed by atoms with E-state index in [0.29, 0.717) is 42.6 Å². The molecule has 10 heteroatoms. The van der Waals surface area contributed by atoms with Crippen LogP contribution in [0.25, 0.3) is 0 Å². The van der Waals surface area contributed by atoms with Crippen LogP contribution in [0.1, 0.15) is 58.3 Å². The number of imide groups is 1. The zero-order valence-corrected chi connectivity index (χ0v) is 19.5. The fraction of sp³-hybridized carbons (Fsp3) is 0.423. The summed E-state index contributed by atoms with van der Waals surface area (Å²) >= 11 is 0. The molecule has 3 aliphatic rings. The first-order valence-electron chi connectivity index (χ1n) is 11.9. The lowest BCUT2D eigenvalue weighted by atomic mass is 9.83. The quantitative estimate of drug-likeness (QED) is 0.629. The largest absolute Gasteiger partial charge is 0.416 e. The van der Waals surface area contributed by atoms with Crippen molar-refractivity contribution >= 4 is 17.7 Å². The Morgan fingerprint density at radius 2 is 1.78 bits per heavy atom. The van der Waals surface area contributed by atoms with Gasteiger partial charge in [-0.05, 0) is 48.1 Å². The van der Waals surface area contributed by atoms with Crippen molar-refractivity contribution in [1.29, 1.82) is 0 Å². The summed E-state index contributed by atoms with van der Waals surface area (Å²) in [5.74, 6) is -1.11. The Labute approximate surface area is 205 Å². The molecule has 5 rings (SSSR count). The monoisotopic (exact) mass is 501 g/mol. The van der Waals surface area contributed by atoms with Crippen LogP contribution in [0, 0.1) is 0 Å². The molecule has 3 aliphatic heterocycles. The minimum Gasteiger partial charge on any atom is -0.385 e. The van der Waals surface area contributed by atoms with E-state index in [1.165, 1.54) is 17.0 Å². The predicted octanol–water partition coefficient (Wildman–Crippen LogP) is 2.95. The molecule has 190 valence electrons. The van der Waals surface area contributed by atoms with Crippen LogP contribution < -0.4 is 5.32 Å². The molecule has 7 nitrogen and oxygen atoms in total. The van der Waals surface area contributed by atoms with Crippen molar-refractivity contribution in [2.45, 2.75) is 56.6 Å². The maximum absolute atomic E-state index is 13.3. The summed E-state index contributed by atoms with van der Waals surface area (Å²) < 4.78 is 40.0. The summed E-state index contributed by atoms with van der Waals surface area (Å²) in [5, 5.41) is 13.7. The highest BCUT2D eigenvalue weighted by Crippen LogP contribution is 2.38. The highest BCUT2D eigenvalue weighted by Gasteiger charge is 2.41. The molecular formula is C26H26F3N3O4. The highest BCUT2D eigenvalue weighted by molar-refractivity contribution is 6.05. The van der Waals surface area contributed by atoms with Gasteiger partial charge in [-0.3, -0.25) is 24.6 Å². The zero-order valence-electron chi connectivity index (χ0n) is 19.5. The number of nitrogens with zero attached hydrogens (tertiary/aromatic N) is 2. The number of nitrogens with one attached hydrogen (secondary N) is 1. The molecule has 2 aromatic carbocycles. The zero-order chi connectivity index (χ0) is 25.7. The number of rotatable bonds is 4. The van der Waals surface area contributed by atoms with Crippen LogP contribution >= 0.6 is 0 Å². The SMILES string of the molecule is O=C1CCC(N2Cc3cc(C4(O)CCN(Cc5ccccc5C(F)(F)F)CC4)ccc3C2=O)C(=O)N1. The molecule has 0 radical (unpaired) electrons. The molecule has 1 unspecified atom stereocenters. The van der Waals surface area contributed by atoms with Gasteiger partial charge in [-0.1, -0.05) is 30.3 Å². The second-order valence-corrected chi connectivity index (χ2v) is 9.73. The molecule has 2 N–H and O–H groups in total. The number of likely N-dealkylation sites (tertiary alicyclic amines) is 1. The van der Waals surface area contributed by atoms with Gasteiger partial charge in [0.1, 0.15) is 6.04 Å². The number of carbonyl (C=O) groups is 3. The van der Waals surface area contributed by atoms with Crippen molar-refractivity contribution in [3.63, 3.8) is 0 Å². The van der Waals surface area contributed by atoms with E-state index in [2.05, 4.69) is 5.32 Å². The summed E-state index contributed by atoms with van der Waals surface area (Å²) in [6, 6.07) is 9.97. The summed E-state index contributed by atoms with van der Waals surface area (Å²) in [4.78, 5) is 40.0. The van der Waals surface area contributed by atoms with Crippen LogP contribution in [0.2, 0.25) is 0 Å². The van der Waals surface area contributed by atoms with Gasteiger partial charge in [0.15, 0.2) is 0 Å². The average Bonchev–Trinajstić information content (AvgIpc) is 3.16. The van der Waals surface area contributed by atoms with Gasteiger partial charge < -0.3 is 10.0 Å². The van der Waals surface area contributed by atoms with Crippen molar-refractivity contribution in [3.05, 3.63) is 70.3 Å². The number of aliphatic hydroxyl groups is 1. The van der Waals surface area contributed by atoms with E-state index < -0.39 is 29.3 Å². The third kappa shape index (κ3) is 4.51. The lowest BCUT2D eigenvalue weighted by Gasteiger charge is -2.39. The molecule has 2 fully saturated rings. The molecule has 3 heterocycles. The van der Waals surface area contributed by atoms with E-state index >= 15 is 0 Å². The molecule has 36 heavy (non-hydrogen) atoms. The van der Waals surface area contributed by atoms with Gasteiger partial charge in [-0.15, -0.1) is 0 Å². The number of hydrogen-bond donors (Lipinski definition) is 2. The van der Waals surface area contributed by atoms with E-state index in [0.717, 1.165) is 6.07 Å². The summed E-state index contributed by atoms with van der Waals surface area (Å²) in [6.45, 7) is 1.19. The van der Waals surface area contributed by atoms with E-state index in [1.807, 2.05) is 4.90 Å². The Morgan fingerprint density at radius 1 is 1.06 bits per heavy atom. The Hall–Kier alpha value is -3.24. The van der Waals surface area contributed by atoms with E-state index in [1.54, 1.807) is 24.3 Å². The number of hydrogen-bond acceptors (Lipinski definition) is 5. The van der Waals surface area contributed by atoms with Crippen LogP contribution in [0.3, 0.4) is 0 Å². The van der Waals surface area contributed by atoms with Gasteiger partial charge in [0.05, 0.1) is 11.2 Å². The first kappa shape index (κ1) is 24.5. The Balaban J connectivity index is 1.27. The third-order valence-corrected chi connectivity index (χ3v) is 7.46. The smallest absolute Gasteiger partial charge is 0.385 e. The summed E-state index contributed by atoms with van der Waals surface area (Å²) in [6.07, 6.45) is -3.30. The number of fused-ring (bicyclic) bond motifs is 1. The molecule has 2 saturated heterocycles. The topological polar surface area (TPSA) is 90.0 Å². The van der Waals surface area contributed by atoms with Gasteiger partial charge in [0.2, 0.25) is 11.8 Å². The second kappa shape index (κ2) is 9.01. The second-order valence-electron chi connectivity index (χ2n) is 9.73. The third-order valence-electron chi connectivity index (χ3n) is 7.46. The van der Waals surface area contributed by atoms with Crippen molar-refractivity contribution < 1.29 is 32.7 Å². The molecule has 0 bridgehead atoms. The number of piperidine rings is 2. The number of carbonyl (C=O) groups excluding carboxylic acids is 3. The standard InChI is InChI=1S/C26H26F3N3O4/c27-26(28,29)20-4-2-1-3-16(20)14-31-11-9-25(36,10-12-31)18-5-6-19-17(13-18)15-32(24(19)35)21-7-8-22(33)30-23(21)34/h1-6,13,21,36H,7-12,14-15H2,(H,30,33,34). The normalized spacial score (nSPS) is 22.5. The van der Waals surface area contributed by atoms with Crippen LogP contribution in [0.15, 0.2) is 42.5 Å². The Bertz CT molecular complexity index is 1220. The summed E-state index contributed by atoms with van der Waals surface area (Å²) in [5.41, 5.74) is 0.217. The summed E-state index contributed by atoms with van der Waals surface area (Å²) in [7, 11) is 0.